The molecule has 0 fully saturated rings. The summed E-state index contributed by atoms with van der Waals surface area (Å²) in [6, 6.07) is 7.40. The van der Waals surface area contributed by atoms with Gasteiger partial charge in [0.25, 0.3) is 0 Å². The lowest BCUT2D eigenvalue weighted by molar-refractivity contribution is 0.0555. The topological polar surface area (TPSA) is 90.9 Å². The molecule has 0 saturated heterocycles. The first-order chi connectivity index (χ1) is 8.48. The van der Waals surface area contributed by atoms with Gasteiger partial charge in [-0.05, 0) is 18.9 Å². The first kappa shape index (κ1) is 14.5. The molecule has 1 atom stereocenters. The second kappa shape index (κ2) is 6.37. The second-order valence-corrected chi connectivity index (χ2v) is 4.64. The summed E-state index contributed by atoms with van der Waals surface area (Å²) in [6.45, 7) is 4.98. The third-order valence-electron chi connectivity index (χ3n) is 2.95. The Bertz CT molecular complexity index is 399. The molecule has 5 N–H and O–H groups in total. The molecule has 1 aromatic carbocycles. The van der Waals surface area contributed by atoms with Crippen molar-refractivity contribution in [2.45, 2.75) is 32.4 Å². The summed E-state index contributed by atoms with van der Waals surface area (Å²) in [4.78, 5) is 0. The van der Waals surface area contributed by atoms with E-state index < -0.39 is 5.60 Å². The Kier molecular flexibility index (Phi) is 5.12. The maximum absolute atomic E-state index is 9.83. The quantitative estimate of drug-likeness (QED) is 0.263. The van der Waals surface area contributed by atoms with Crippen LogP contribution in [-0.2, 0) is 6.54 Å². The van der Waals surface area contributed by atoms with Crippen LogP contribution in [0, 0.1) is 0 Å². The molecule has 1 rings (SSSR count). The summed E-state index contributed by atoms with van der Waals surface area (Å²) in [5.74, 6) is 0.100. The smallest absolute Gasteiger partial charge is 0.170 e. The van der Waals surface area contributed by atoms with E-state index in [2.05, 4.69) is 10.5 Å². The second-order valence-electron chi connectivity index (χ2n) is 4.64. The maximum Gasteiger partial charge on any atom is 0.170 e. The summed E-state index contributed by atoms with van der Waals surface area (Å²) in [5.41, 5.74) is 6.56. The van der Waals surface area contributed by atoms with Gasteiger partial charge in [-0.3, -0.25) is 0 Å². The SMILES string of the molecule is CCC(C)(O)CNCc1ccc(C(N)=NO)cc1. The number of amidine groups is 1. The molecule has 0 aromatic heterocycles. The van der Waals surface area contributed by atoms with Gasteiger partial charge in [0.05, 0.1) is 5.60 Å². The van der Waals surface area contributed by atoms with Gasteiger partial charge in [-0.1, -0.05) is 36.3 Å². The highest BCUT2D eigenvalue weighted by Gasteiger charge is 2.16. The number of nitrogens with one attached hydrogen (secondary N) is 1. The van der Waals surface area contributed by atoms with Crippen LogP contribution in [-0.4, -0.2) is 28.3 Å². The highest BCUT2D eigenvalue weighted by atomic mass is 16.4. The van der Waals surface area contributed by atoms with Crippen LogP contribution in [0.25, 0.3) is 0 Å². The Morgan fingerprint density at radius 2 is 2.00 bits per heavy atom. The van der Waals surface area contributed by atoms with E-state index in [1.165, 1.54) is 0 Å². The molecule has 5 heteroatoms. The Balaban J connectivity index is 2.50. The number of aliphatic hydroxyl groups is 1. The lowest BCUT2D eigenvalue weighted by Crippen LogP contribution is -2.36. The van der Waals surface area contributed by atoms with E-state index in [9.17, 15) is 5.11 Å². The molecule has 0 bridgehead atoms. The fraction of sp³-hybridized carbons (Fsp3) is 0.462. The van der Waals surface area contributed by atoms with E-state index in [-0.39, 0.29) is 5.84 Å². The number of benzene rings is 1. The minimum absolute atomic E-state index is 0.100. The average Bonchev–Trinajstić information content (AvgIpc) is 2.38. The van der Waals surface area contributed by atoms with Gasteiger partial charge in [0.2, 0.25) is 0 Å². The third-order valence-corrected chi connectivity index (χ3v) is 2.95. The molecule has 5 nitrogen and oxygen atoms in total. The number of hydrogen-bond donors (Lipinski definition) is 4. The van der Waals surface area contributed by atoms with E-state index >= 15 is 0 Å². The van der Waals surface area contributed by atoms with E-state index in [0.717, 1.165) is 5.56 Å². The number of nitrogens with two attached hydrogens (primary N) is 1. The highest BCUT2D eigenvalue weighted by molar-refractivity contribution is 5.96. The Hall–Kier alpha value is -1.59. The van der Waals surface area contributed by atoms with Crippen molar-refractivity contribution in [3.8, 4) is 0 Å². The predicted molar refractivity (Wildman–Crippen MR) is 71.6 cm³/mol. The summed E-state index contributed by atoms with van der Waals surface area (Å²) in [5, 5.41) is 24.5. The van der Waals surface area contributed by atoms with Crippen molar-refractivity contribution in [3.05, 3.63) is 35.4 Å². The van der Waals surface area contributed by atoms with Crippen molar-refractivity contribution in [1.29, 1.82) is 0 Å². The van der Waals surface area contributed by atoms with Crippen molar-refractivity contribution >= 4 is 5.84 Å². The van der Waals surface area contributed by atoms with Crippen LogP contribution in [0.3, 0.4) is 0 Å². The van der Waals surface area contributed by atoms with Crippen LogP contribution in [0.1, 0.15) is 31.4 Å². The molecular weight excluding hydrogens is 230 g/mol. The van der Waals surface area contributed by atoms with Crippen molar-refractivity contribution in [2.24, 2.45) is 10.9 Å². The van der Waals surface area contributed by atoms with Gasteiger partial charge in [-0.2, -0.15) is 0 Å². The summed E-state index contributed by atoms with van der Waals surface area (Å²) >= 11 is 0. The van der Waals surface area contributed by atoms with Crippen molar-refractivity contribution < 1.29 is 10.3 Å². The van der Waals surface area contributed by atoms with Gasteiger partial charge in [-0.25, -0.2) is 0 Å². The number of nitrogens with zero attached hydrogens (tertiary/aromatic N) is 1. The summed E-state index contributed by atoms with van der Waals surface area (Å²) < 4.78 is 0. The third kappa shape index (κ3) is 4.35. The van der Waals surface area contributed by atoms with Crippen LogP contribution in [0.2, 0.25) is 0 Å². The van der Waals surface area contributed by atoms with Crippen molar-refractivity contribution in [3.63, 3.8) is 0 Å². The standard InChI is InChI=1S/C13H21N3O2/c1-3-13(2,17)9-15-8-10-4-6-11(7-5-10)12(14)16-18/h4-7,15,17-18H,3,8-9H2,1-2H3,(H2,14,16). The average molecular weight is 251 g/mol. The number of hydrogen-bond acceptors (Lipinski definition) is 4. The molecule has 0 aliphatic carbocycles. The molecule has 0 saturated carbocycles. The van der Waals surface area contributed by atoms with Crippen molar-refractivity contribution in [2.75, 3.05) is 6.54 Å². The molecule has 18 heavy (non-hydrogen) atoms. The molecule has 0 heterocycles. The summed E-state index contributed by atoms with van der Waals surface area (Å²) in [6.07, 6.45) is 0.711. The number of rotatable bonds is 6. The highest BCUT2D eigenvalue weighted by Crippen LogP contribution is 2.08. The maximum atomic E-state index is 9.83. The largest absolute Gasteiger partial charge is 0.409 e. The molecule has 0 amide bonds. The van der Waals surface area contributed by atoms with Gasteiger partial charge >= 0.3 is 0 Å². The Morgan fingerprint density at radius 3 is 2.50 bits per heavy atom. The lowest BCUT2D eigenvalue weighted by atomic mass is 10.0. The predicted octanol–water partition coefficient (Wildman–Crippen LogP) is 1.03. The molecule has 100 valence electrons. The van der Waals surface area contributed by atoms with E-state index in [4.69, 9.17) is 10.9 Å². The van der Waals surface area contributed by atoms with Gasteiger partial charge in [0, 0.05) is 18.7 Å². The molecule has 1 unspecified atom stereocenters. The number of oxime groups is 1. The summed E-state index contributed by atoms with van der Waals surface area (Å²) in [7, 11) is 0. The molecule has 0 aliphatic heterocycles. The Morgan fingerprint density at radius 1 is 1.39 bits per heavy atom. The fourth-order valence-electron chi connectivity index (χ4n) is 1.45. The zero-order chi connectivity index (χ0) is 13.6. The molecule has 0 aliphatic rings. The van der Waals surface area contributed by atoms with Gasteiger partial charge in [0.1, 0.15) is 0 Å². The lowest BCUT2D eigenvalue weighted by Gasteiger charge is -2.21. The van der Waals surface area contributed by atoms with Crippen LogP contribution >= 0.6 is 0 Å². The molecular formula is C13H21N3O2. The van der Waals surface area contributed by atoms with E-state index in [0.29, 0.717) is 25.1 Å². The van der Waals surface area contributed by atoms with Crippen LogP contribution in [0.5, 0.6) is 0 Å². The first-order valence-corrected chi connectivity index (χ1v) is 5.98. The minimum Gasteiger partial charge on any atom is -0.409 e. The van der Waals surface area contributed by atoms with Gasteiger partial charge in [0.15, 0.2) is 5.84 Å². The Labute approximate surface area is 107 Å². The normalized spacial score (nSPS) is 15.4. The van der Waals surface area contributed by atoms with Crippen molar-refractivity contribution in [1.82, 2.24) is 5.32 Å². The molecule has 0 spiro atoms. The molecule has 0 radical (unpaired) electrons. The van der Waals surface area contributed by atoms with Crippen LogP contribution in [0.4, 0.5) is 0 Å². The van der Waals surface area contributed by atoms with E-state index in [1.54, 1.807) is 12.1 Å². The van der Waals surface area contributed by atoms with Gasteiger partial charge < -0.3 is 21.4 Å². The zero-order valence-corrected chi connectivity index (χ0v) is 10.8. The van der Waals surface area contributed by atoms with Gasteiger partial charge in [-0.15, -0.1) is 0 Å². The minimum atomic E-state index is -0.673. The van der Waals surface area contributed by atoms with Crippen LogP contribution in [0.15, 0.2) is 29.4 Å². The first-order valence-electron chi connectivity index (χ1n) is 5.98. The van der Waals surface area contributed by atoms with E-state index in [1.807, 2.05) is 26.0 Å². The fourth-order valence-corrected chi connectivity index (χ4v) is 1.45. The van der Waals surface area contributed by atoms with Crippen LogP contribution < -0.4 is 11.1 Å². The monoisotopic (exact) mass is 251 g/mol. The molecule has 1 aromatic rings. The zero-order valence-electron chi connectivity index (χ0n) is 10.8.